The molecule has 0 aliphatic carbocycles. The molecule has 1 amide bonds. The van der Waals surface area contributed by atoms with Crippen LogP contribution in [-0.4, -0.2) is 30.0 Å². The smallest absolute Gasteiger partial charge is 0.328 e. The number of methoxy groups -OCH3 is 1. The van der Waals surface area contributed by atoms with Gasteiger partial charge in [0.25, 0.3) is 5.91 Å². The van der Waals surface area contributed by atoms with E-state index in [0.717, 1.165) is 0 Å². The summed E-state index contributed by atoms with van der Waals surface area (Å²) in [5.41, 5.74) is 0.927. The van der Waals surface area contributed by atoms with E-state index in [2.05, 4.69) is 15.0 Å². The number of nitrogens with zero attached hydrogens (tertiary/aromatic N) is 1. The molecule has 1 atom stereocenters. The molecule has 1 heterocycles. The highest BCUT2D eigenvalue weighted by molar-refractivity contribution is 6.38. The van der Waals surface area contributed by atoms with Crippen molar-refractivity contribution in [2.45, 2.75) is 13.0 Å². The van der Waals surface area contributed by atoms with Crippen LogP contribution in [0.2, 0.25) is 5.02 Å². The maximum Gasteiger partial charge on any atom is 0.328 e. The fourth-order valence-corrected chi connectivity index (χ4v) is 2.07. The quantitative estimate of drug-likeness (QED) is 0.881. The number of carbonyl (C=O) groups excluding carboxylic acids is 2. The van der Waals surface area contributed by atoms with Crippen molar-refractivity contribution in [3.8, 4) is 0 Å². The van der Waals surface area contributed by atoms with Gasteiger partial charge in [0.2, 0.25) is 0 Å². The Kier molecular flexibility index (Phi) is 4.20. The minimum absolute atomic E-state index is 0.223. The molecule has 0 saturated heterocycles. The molecule has 0 radical (unpaired) electrons. The molecule has 0 saturated carbocycles. The summed E-state index contributed by atoms with van der Waals surface area (Å²) in [5.74, 6) is -0.991. The van der Waals surface area contributed by atoms with Gasteiger partial charge in [-0.05, 0) is 13.0 Å². The number of hydrogen-bond acceptors (Lipinski definition) is 4. The van der Waals surface area contributed by atoms with Crippen molar-refractivity contribution in [3.63, 3.8) is 0 Å². The molecule has 1 aromatic carbocycles. The van der Waals surface area contributed by atoms with Crippen molar-refractivity contribution in [2.24, 2.45) is 0 Å². The van der Waals surface area contributed by atoms with Crippen LogP contribution in [0.4, 0.5) is 0 Å². The number of aromatic nitrogens is 1. The van der Waals surface area contributed by atoms with Crippen molar-refractivity contribution in [2.75, 3.05) is 7.11 Å². The van der Waals surface area contributed by atoms with Gasteiger partial charge in [0.05, 0.1) is 23.2 Å². The lowest BCUT2D eigenvalue weighted by Crippen LogP contribution is -2.39. The lowest BCUT2D eigenvalue weighted by atomic mass is 10.1. The van der Waals surface area contributed by atoms with Gasteiger partial charge < -0.3 is 10.1 Å². The number of pyridine rings is 1. The lowest BCUT2D eigenvalue weighted by molar-refractivity contribution is -0.142. The first-order valence-corrected chi connectivity index (χ1v) is 6.34. The minimum Gasteiger partial charge on any atom is -0.467 e. The van der Waals surface area contributed by atoms with Gasteiger partial charge in [-0.1, -0.05) is 29.8 Å². The molecule has 0 fully saturated rings. The molecule has 5 nitrogen and oxygen atoms in total. The van der Waals surface area contributed by atoms with Crippen LogP contribution in [-0.2, 0) is 9.53 Å². The van der Waals surface area contributed by atoms with Gasteiger partial charge >= 0.3 is 5.97 Å². The van der Waals surface area contributed by atoms with Gasteiger partial charge in [-0.3, -0.25) is 9.78 Å². The molecule has 0 aliphatic heterocycles. The summed E-state index contributed by atoms with van der Waals surface area (Å²) in [4.78, 5) is 27.6. The summed E-state index contributed by atoms with van der Waals surface area (Å²) in [5, 5.41) is 3.51. The first kappa shape index (κ1) is 14.3. The molecule has 0 spiro atoms. The Bertz CT molecular complexity index is 673. The molecule has 2 aromatic rings. The number of rotatable bonds is 3. The Morgan fingerprint density at radius 2 is 2.05 bits per heavy atom. The van der Waals surface area contributed by atoms with Crippen molar-refractivity contribution in [1.82, 2.24) is 10.3 Å². The van der Waals surface area contributed by atoms with Crippen LogP contribution in [0.15, 0.2) is 30.5 Å². The normalized spacial score (nSPS) is 11.9. The summed E-state index contributed by atoms with van der Waals surface area (Å²) in [7, 11) is 1.26. The van der Waals surface area contributed by atoms with Gasteiger partial charge in [0.15, 0.2) is 0 Å². The number of fused-ring (bicyclic) bond motifs is 1. The SMILES string of the molecule is COC(=O)[C@H](C)NC(=O)c1cnc2ccccc2c1Cl. The number of benzene rings is 1. The van der Waals surface area contributed by atoms with Crippen LogP contribution < -0.4 is 5.32 Å². The van der Waals surface area contributed by atoms with Crippen molar-refractivity contribution >= 4 is 34.4 Å². The third-order valence-electron chi connectivity index (χ3n) is 2.86. The number of nitrogens with one attached hydrogen (secondary N) is 1. The number of carbonyl (C=O) groups is 2. The summed E-state index contributed by atoms with van der Waals surface area (Å²) < 4.78 is 4.55. The number of halogens is 1. The molecule has 104 valence electrons. The van der Waals surface area contributed by atoms with E-state index in [9.17, 15) is 9.59 Å². The molecule has 0 aliphatic rings. The minimum atomic E-state index is -0.755. The lowest BCUT2D eigenvalue weighted by Gasteiger charge is -2.12. The first-order valence-electron chi connectivity index (χ1n) is 5.96. The fraction of sp³-hybridized carbons (Fsp3) is 0.214. The predicted molar refractivity (Wildman–Crippen MR) is 75.7 cm³/mol. The first-order chi connectivity index (χ1) is 9.54. The predicted octanol–water partition coefficient (Wildman–Crippen LogP) is 2.18. The number of amides is 1. The maximum absolute atomic E-state index is 12.1. The van der Waals surface area contributed by atoms with E-state index >= 15 is 0 Å². The number of esters is 1. The van der Waals surface area contributed by atoms with Crippen molar-refractivity contribution in [3.05, 3.63) is 41.0 Å². The van der Waals surface area contributed by atoms with Gasteiger partial charge in [0.1, 0.15) is 6.04 Å². The van der Waals surface area contributed by atoms with E-state index in [-0.39, 0.29) is 5.56 Å². The van der Waals surface area contributed by atoms with Gasteiger partial charge in [-0.15, -0.1) is 0 Å². The van der Waals surface area contributed by atoms with E-state index in [1.54, 1.807) is 12.1 Å². The highest BCUT2D eigenvalue weighted by Crippen LogP contribution is 2.25. The Hall–Kier alpha value is -2.14. The van der Waals surface area contributed by atoms with E-state index in [1.807, 2.05) is 12.1 Å². The Morgan fingerprint density at radius 1 is 1.35 bits per heavy atom. The maximum atomic E-state index is 12.1. The van der Waals surface area contributed by atoms with E-state index in [4.69, 9.17) is 11.6 Å². The molecule has 1 aromatic heterocycles. The highest BCUT2D eigenvalue weighted by atomic mass is 35.5. The summed E-state index contributed by atoms with van der Waals surface area (Å²) in [6.45, 7) is 1.53. The average molecular weight is 293 g/mol. The summed E-state index contributed by atoms with van der Waals surface area (Å²) in [6, 6.07) is 6.49. The zero-order chi connectivity index (χ0) is 14.7. The number of hydrogen-bond donors (Lipinski definition) is 1. The van der Waals surface area contributed by atoms with Crippen LogP contribution in [0.3, 0.4) is 0 Å². The Balaban J connectivity index is 2.31. The molecule has 20 heavy (non-hydrogen) atoms. The molecule has 0 bridgehead atoms. The highest BCUT2D eigenvalue weighted by Gasteiger charge is 2.19. The van der Waals surface area contributed by atoms with E-state index in [1.165, 1.54) is 20.2 Å². The third kappa shape index (κ3) is 2.72. The monoisotopic (exact) mass is 292 g/mol. The zero-order valence-corrected chi connectivity index (χ0v) is 11.8. The summed E-state index contributed by atoms with van der Waals surface area (Å²) >= 11 is 6.22. The van der Waals surface area contributed by atoms with Crippen molar-refractivity contribution in [1.29, 1.82) is 0 Å². The van der Waals surface area contributed by atoms with Gasteiger partial charge in [0, 0.05) is 11.6 Å². The molecule has 0 unspecified atom stereocenters. The summed E-state index contributed by atoms with van der Waals surface area (Å²) in [6.07, 6.45) is 1.39. The fourth-order valence-electron chi connectivity index (χ4n) is 1.78. The molecular formula is C14H13ClN2O3. The average Bonchev–Trinajstić information content (AvgIpc) is 2.46. The van der Waals surface area contributed by atoms with E-state index < -0.39 is 17.9 Å². The van der Waals surface area contributed by atoms with Gasteiger partial charge in [-0.2, -0.15) is 0 Å². The second-order valence-electron chi connectivity index (χ2n) is 4.22. The second-order valence-corrected chi connectivity index (χ2v) is 4.60. The van der Waals surface area contributed by atoms with Crippen LogP contribution in [0, 0.1) is 0 Å². The third-order valence-corrected chi connectivity index (χ3v) is 3.26. The number of para-hydroxylation sites is 1. The van der Waals surface area contributed by atoms with Crippen LogP contribution >= 0.6 is 11.6 Å². The Labute approximate surface area is 120 Å². The molecular weight excluding hydrogens is 280 g/mol. The van der Waals surface area contributed by atoms with Gasteiger partial charge in [-0.25, -0.2) is 4.79 Å². The topological polar surface area (TPSA) is 68.3 Å². The zero-order valence-electron chi connectivity index (χ0n) is 11.0. The van der Waals surface area contributed by atoms with Crippen LogP contribution in [0.5, 0.6) is 0 Å². The Morgan fingerprint density at radius 3 is 2.75 bits per heavy atom. The van der Waals surface area contributed by atoms with Crippen LogP contribution in [0.1, 0.15) is 17.3 Å². The molecule has 2 rings (SSSR count). The molecule has 1 N–H and O–H groups in total. The molecule has 6 heteroatoms. The van der Waals surface area contributed by atoms with Crippen LogP contribution in [0.25, 0.3) is 10.9 Å². The van der Waals surface area contributed by atoms with E-state index in [0.29, 0.717) is 15.9 Å². The number of ether oxygens (including phenoxy) is 1. The largest absolute Gasteiger partial charge is 0.467 e. The standard InChI is InChI=1S/C14H13ClN2O3/c1-8(14(19)20-2)17-13(18)10-7-16-11-6-4-3-5-9(11)12(10)15/h3-8H,1-2H3,(H,17,18)/t8-/m0/s1. The second kappa shape index (κ2) is 5.88. The van der Waals surface area contributed by atoms with Crippen molar-refractivity contribution < 1.29 is 14.3 Å².